The van der Waals surface area contributed by atoms with Gasteiger partial charge in [-0.2, -0.15) is 0 Å². The first-order valence-corrected chi connectivity index (χ1v) is 9.22. The lowest BCUT2D eigenvalue weighted by molar-refractivity contribution is -0.124. The normalized spacial score (nSPS) is 21.0. The van der Waals surface area contributed by atoms with Crippen LogP contribution in [0, 0.1) is 11.8 Å². The van der Waals surface area contributed by atoms with Crippen LogP contribution in [0.25, 0.3) is 0 Å². The molecule has 0 aromatic heterocycles. The van der Waals surface area contributed by atoms with Crippen molar-refractivity contribution in [2.75, 3.05) is 39.3 Å². The summed E-state index contributed by atoms with van der Waals surface area (Å²) in [5.74, 6) is 2.24. The molecule has 2 rings (SSSR count). The Hall–Kier alpha value is -1.06. The molecule has 2 heterocycles. The summed E-state index contributed by atoms with van der Waals surface area (Å²) >= 11 is 0. The van der Waals surface area contributed by atoms with E-state index >= 15 is 0 Å². The number of imide groups is 1. The zero-order valence-electron chi connectivity index (χ0n) is 15.6. The molecule has 1 unspecified atom stereocenters. The third-order valence-electron chi connectivity index (χ3n) is 5.10. The molecule has 0 spiro atoms. The zero-order chi connectivity index (χ0) is 17.5. The van der Waals surface area contributed by atoms with Gasteiger partial charge in [0.25, 0.3) is 0 Å². The number of hydrogen-bond donors (Lipinski definition) is 2. The summed E-state index contributed by atoms with van der Waals surface area (Å²) in [5.41, 5.74) is 0. The number of rotatable bonds is 7. The molecule has 0 saturated carbocycles. The van der Waals surface area contributed by atoms with Crippen LogP contribution in [0.1, 0.15) is 40.0 Å². The molecule has 2 aliphatic rings. The van der Waals surface area contributed by atoms with E-state index in [1.807, 2.05) is 0 Å². The summed E-state index contributed by atoms with van der Waals surface area (Å²) in [4.78, 5) is 31.3. The number of amides is 3. The first-order chi connectivity index (χ1) is 11.6. The number of carbonyl (C=O) groups is 2. The van der Waals surface area contributed by atoms with Crippen LogP contribution in [0.5, 0.6) is 0 Å². The van der Waals surface area contributed by atoms with Gasteiger partial charge in [-0.1, -0.05) is 26.7 Å². The van der Waals surface area contributed by atoms with Crippen molar-refractivity contribution in [2.45, 2.75) is 40.0 Å². The van der Waals surface area contributed by atoms with Crippen molar-refractivity contribution in [3.05, 3.63) is 0 Å². The van der Waals surface area contributed by atoms with Crippen LogP contribution in [0.4, 0.5) is 4.79 Å². The maximum atomic E-state index is 11.6. The van der Waals surface area contributed by atoms with Gasteiger partial charge in [0, 0.05) is 19.6 Å². The van der Waals surface area contributed by atoms with E-state index in [-0.39, 0.29) is 42.5 Å². The summed E-state index contributed by atoms with van der Waals surface area (Å²) in [5, 5.41) is 5.87. The summed E-state index contributed by atoms with van der Waals surface area (Å²) in [6.07, 6.45) is 3.67. The third kappa shape index (κ3) is 5.72. The molecule has 8 heteroatoms. The van der Waals surface area contributed by atoms with Gasteiger partial charge in [-0.3, -0.25) is 14.7 Å². The zero-order valence-corrected chi connectivity index (χ0v) is 17.9. The second-order valence-electron chi connectivity index (χ2n) is 6.51. The average molecular weight is 465 g/mol. The quantitative estimate of drug-likeness (QED) is 0.261. The second kappa shape index (κ2) is 10.8. The summed E-state index contributed by atoms with van der Waals surface area (Å²) < 4.78 is 0. The van der Waals surface area contributed by atoms with Crippen LogP contribution in [0.2, 0.25) is 0 Å². The number of likely N-dealkylation sites (tertiary alicyclic amines) is 1. The Morgan fingerprint density at radius 1 is 1.32 bits per heavy atom. The van der Waals surface area contributed by atoms with Crippen molar-refractivity contribution < 1.29 is 9.59 Å². The molecule has 0 aliphatic carbocycles. The highest BCUT2D eigenvalue weighted by Gasteiger charge is 2.30. The number of guanidine groups is 1. The molecule has 2 N–H and O–H groups in total. The number of carbonyl (C=O) groups excluding carboxylic acids is 2. The van der Waals surface area contributed by atoms with E-state index in [9.17, 15) is 9.59 Å². The first kappa shape index (κ1) is 22.0. The van der Waals surface area contributed by atoms with E-state index in [4.69, 9.17) is 0 Å². The van der Waals surface area contributed by atoms with Crippen LogP contribution < -0.4 is 10.6 Å². The lowest BCUT2D eigenvalue weighted by Crippen LogP contribution is -2.41. The van der Waals surface area contributed by atoms with Gasteiger partial charge in [0.1, 0.15) is 0 Å². The molecule has 2 saturated heterocycles. The Morgan fingerprint density at radius 2 is 2.04 bits per heavy atom. The summed E-state index contributed by atoms with van der Waals surface area (Å²) in [6.45, 7) is 10.4. The molecule has 1 atom stereocenters. The van der Waals surface area contributed by atoms with Crippen molar-refractivity contribution in [1.82, 2.24) is 20.4 Å². The molecule has 7 nitrogen and oxygen atoms in total. The van der Waals surface area contributed by atoms with Crippen molar-refractivity contribution in [3.8, 4) is 0 Å². The first-order valence-electron chi connectivity index (χ1n) is 9.22. The summed E-state index contributed by atoms with van der Waals surface area (Å²) in [6, 6.07) is -0.310. The van der Waals surface area contributed by atoms with Crippen LogP contribution in [0.15, 0.2) is 4.99 Å². The molecular weight excluding hydrogens is 433 g/mol. The van der Waals surface area contributed by atoms with Crippen LogP contribution in [-0.2, 0) is 4.79 Å². The highest BCUT2D eigenvalue weighted by Crippen LogP contribution is 2.28. The fourth-order valence-corrected chi connectivity index (χ4v) is 3.68. The maximum Gasteiger partial charge on any atom is 0.324 e. The fourth-order valence-electron chi connectivity index (χ4n) is 3.68. The molecule has 144 valence electrons. The third-order valence-corrected chi connectivity index (χ3v) is 5.10. The van der Waals surface area contributed by atoms with Crippen LogP contribution in [0.3, 0.4) is 0 Å². The van der Waals surface area contributed by atoms with Gasteiger partial charge >= 0.3 is 6.03 Å². The number of halogens is 1. The molecule has 2 aliphatic heterocycles. The Bertz CT molecular complexity index is 466. The number of urea groups is 1. The lowest BCUT2D eigenvalue weighted by atomic mass is 9.87. The highest BCUT2D eigenvalue weighted by atomic mass is 127. The predicted octanol–water partition coefficient (Wildman–Crippen LogP) is 1.88. The monoisotopic (exact) mass is 465 g/mol. The van der Waals surface area contributed by atoms with Gasteiger partial charge < -0.3 is 15.5 Å². The molecule has 0 aromatic carbocycles. The Balaban J connectivity index is 0.00000312. The minimum atomic E-state index is -0.310. The topological polar surface area (TPSA) is 77.0 Å². The standard InChI is InChI=1S/C17H31N5O2.HI/c1-4-13(5-2)14-7-9-21(12-14)16(18-6-3)19-8-10-22-15(23)11-20-17(22)24;/h13-14H,4-12H2,1-3H3,(H,18,19)(H,20,24);1H. The van der Waals surface area contributed by atoms with E-state index in [1.54, 1.807) is 0 Å². The smallest absolute Gasteiger partial charge is 0.324 e. The lowest BCUT2D eigenvalue weighted by Gasteiger charge is -2.24. The van der Waals surface area contributed by atoms with E-state index in [0.717, 1.165) is 37.4 Å². The van der Waals surface area contributed by atoms with E-state index in [2.05, 4.69) is 41.3 Å². The minimum Gasteiger partial charge on any atom is -0.357 e. The molecule has 0 aromatic rings. The van der Waals surface area contributed by atoms with Gasteiger partial charge in [0.2, 0.25) is 5.91 Å². The molecular formula is C17H32IN5O2. The highest BCUT2D eigenvalue weighted by molar-refractivity contribution is 14.0. The molecule has 2 fully saturated rings. The Kier molecular flexibility index (Phi) is 9.52. The number of nitrogens with zero attached hydrogens (tertiary/aromatic N) is 3. The number of aliphatic imine (C=N–C) groups is 1. The van der Waals surface area contributed by atoms with Crippen molar-refractivity contribution in [1.29, 1.82) is 0 Å². The minimum absolute atomic E-state index is 0. The van der Waals surface area contributed by atoms with Gasteiger partial charge in [-0.05, 0) is 25.2 Å². The number of hydrogen-bond acceptors (Lipinski definition) is 3. The van der Waals surface area contributed by atoms with Gasteiger partial charge in [0.15, 0.2) is 5.96 Å². The SMILES string of the molecule is CCNC(=NCCN1C(=O)CNC1=O)N1CCC(C(CC)CC)C1.I. The van der Waals surface area contributed by atoms with E-state index in [0.29, 0.717) is 13.1 Å². The van der Waals surface area contributed by atoms with E-state index < -0.39 is 0 Å². The Labute approximate surface area is 168 Å². The van der Waals surface area contributed by atoms with Crippen LogP contribution >= 0.6 is 24.0 Å². The van der Waals surface area contributed by atoms with Gasteiger partial charge in [-0.15, -0.1) is 24.0 Å². The van der Waals surface area contributed by atoms with Crippen molar-refractivity contribution in [2.24, 2.45) is 16.8 Å². The van der Waals surface area contributed by atoms with Crippen molar-refractivity contribution in [3.63, 3.8) is 0 Å². The average Bonchev–Trinajstić information content (AvgIpc) is 3.17. The Morgan fingerprint density at radius 3 is 2.60 bits per heavy atom. The molecule has 3 amide bonds. The summed E-state index contributed by atoms with van der Waals surface area (Å²) in [7, 11) is 0. The van der Waals surface area contributed by atoms with Gasteiger partial charge in [0.05, 0.1) is 19.6 Å². The molecule has 25 heavy (non-hydrogen) atoms. The van der Waals surface area contributed by atoms with E-state index in [1.165, 1.54) is 24.2 Å². The largest absolute Gasteiger partial charge is 0.357 e. The molecule has 0 bridgehead atoms. The second-order valence-corrected chi connectivity index (χ2v) is 6.51. The maximum absolute atomic E-state index is 11.6. The molecule has 0 radical (unpaired) electrons. The van der Waals surface area contributed by atoms with Gasteiger partial charge in [-0.25, -0.2) is 4.79 Å². The van der Waals surface area contributed by atoms with Crippen molar-refractivity contribution >= 4 is 41.9 Å². The van der Waals surface area contributed by atoms with Crippen LogP contribution in [-0.4, -0.2) is 67.0 Å². The number of nitrogens with one attached hydrogen (secondary N) is 2. The fraction of sp³-hybridized carbons (Fsp3) is 0.824. The predicted molar refractivity (Wildman–Crippen MR) is 110 cm³/mol.